The second kappa shape index (κ2) is 45.8. The van der Waals surface area contributed by atoms with Crippen molar-refractivity contribution in [3.05, 3.63) is 212 Å². The fourth-order valence-electron chi connectivity index (χ4n) is 10.2. The lowest BCUT2D eigenvalue weighted by molar-refractivity contribution is -0.134. The highest BCUT2D eigenvalue weighted by Crippen LogP contribution is 2.41. The summed E-state index contributed by atoms with van der Waals surface area (Å²) in [6.45, 7) is 3.46. The number of rotatable bonds is 30. The van der Waals surface area contributed by atoms with Crippen molar-refractivity contribution < 1.29 is 83.1 Å². The monoisotopic (exact) mass is 1780 g/mol. The van der Waals surface area contributed by atoms with Gasteiger partial charge in [0.25, 0.3) is 0 Å². The van der Waals surface area contributed by atoms with Crippen LogP contribution < -0.4 is 14.2 Å². The number of carbonyl (C=O) groups is 6. The summed E-state index contributed by atoms with van der Waals surface area (Å²) in [4.78, 5) is 96.2. The van der Waals surface area contributed by atoms with Crippen LogP contribution in [0.15, 0.2) is 226 Å². The normalized spacial score (nSPS) is 10.5. The molecule has 15 rings (SSSR count). The van der Waals surface area contributed by atoms with Gasteiger partial charge in [-0.25, -0.2) is 44.3 Å². The number of nitrogens with zero attached hydrogens (tertiary/aromatic N) is 15. The van der Waals surface area contributed by atoms with Gasteiger partial charge in [0.2, 0.25) is 36.7 Å². The number of aromatic amines is 6. The highest BCUT2D eigenvalue weighted by atomic mass is 32.2. The van der Waals surface area contributed by atoms with E-state index in [0.29, 0.717) is 105 Å². The molecule has 123 heavy (non-hydrogen) atoms. The number of hydrogen-bond donors (Lipinski definition) is 13. The molecule has 8 aromatic heterocycles. The van der Waals surface area contributed by atoms with Crippen LogP contribution in [0.5, 0.6) is 23.0 Å². The van der Waals surface area contributed by atoms with E-state index in [1.54, 1.807) is 68.7 Å². The number of H-pyrrole nitrogens is 6. The van der Waals surface area contributed by atoms with Crippen molar-refractivity contribution in [1.29, 1.82) is 0 Å². The van der Waals surface area contributed by atoms with Gasteiger partial charge in [0.15, 0.2) is 46.4 Å². The Morgan fingerprint density at radius 3 is 1.07 bits per heavy atom. The number of aromatic hydroxyl groups is 1. The van der Waals surface area contributed by atoms with Gasteiger partial charge in [-0.2, -0.15) is 0 Å². The highest BCUT2D eigenvalue weighted by Gasteiger charge is 2.20. The molecule has 0 saturated carbocycles. The summed E-state index contributed by atoms with van der Waals surface area (Å²) in [5.41, 5.74) is 11.1. The number of aryl methyl sites for hydroxylation is 2. The first-order valence-corrected chi connectivity index (χ1v) is 41.5. The molecule has 0 saturated heterocycles. The Labute approximate surface area is 722 Å². The number of carboxylic acids is 6. The Hall–Kier alpha value is -14.2. The van der Waals surface area contributed by atoms with E-state index in [1.807, 2.05) is 120 Å². The third-order valence-corrected chi connectivity index (χ3v) is 21.0. The van der Waals surface area contributed by atoms with E-state index >= 15 is 0 Å². The molecule has 15 aromatic rings. The number of methoxy groups -OCH3 is 3. The minimum absolute atomic E-state index is 0.0514. The molecule has 0 spiro atoms. The first-order chi connectivity index (χ1) is 59.4. The van der Waals surface area contributed by atoms with Crippen molar-refractivity contribution in [1.82, 2.24) is 106 Å². The smallest absolute Gasteiger partial charge is 0.313 e. The molecule has 632 valence electrons. The predicted octanol–water partition coefficient (Wildman–Crippen LogP) is 13.3. The number of aromatic nitrogens is 21. The number of hydrogen-bond acceptors (Lipinski definition) is 30. The number of halogens is 1. The number of nitrogens with one attached hydrogen (secondary N) is 6. The lowest BCUT2D eigenvalue weighted by Crippen LogP contribution is -1.97. The van der Waals surface area contributed by atoms with E-state index in [0.717, 1.165) is 121 Å². The lowest BCUT2D eigenvalue weighted by Gasteiger charge is -2.13. The highest BCUT2D eigenvalue weighted by molar-refractivity contribution is 8.00. The van der Waals surface area contributed by atoms with Gasteiger partial charge in [-0.3, -0.25) is 59.4 Å². The van der Waals surface area contributed by atoms with Crippen LogP contribution in [0.3, 0.4) is 0 Å². The van der Waals surface area contributed by atoms with Crippen molar-refractivity contribution >= 4 is 106 Å². The van der Waals surface area contributed by atoms with Crippen molar-refractivity contribution in [3.8, 4) is 119 Å². The van der Waals surface area contributed by atoms with Crippen LogP contribution in [-0.2, 0) is 28.8 Å². The molecule has 13 N–H and O–H groups in total. The van der Waals surface area contributed by atoms with Gasteiger partial charge in [0.1, 0.15) is 17.9 Å². The molecular formula is C79H72FN21O16S6. The first-order valence-electron chi connectivity index (χ1n) is 35.6. The number of carboxylic acid groups (broad SMARTS) is 6. The molecular weight excluding hydrogens is 1710 g/mol. The molecule has 7 aromatic carbocycles. The van der Waals surface area contributed by atoms with E-state index in [9.17, 15) is 38.3 Å². The molecule has 0 fully saturated rings. The molecule has 0 aliphatic carbocycles. The van der Waals surface area contributed by atoms with Gasteiger partial charge in [0.05, 0.1) is 61.4 Å². The first kappa shape index (κ1) is 91.1. The average Bonchev–Trinajstić information content (AvgIpc) is 1.69. The van der Waals surface area contributed by atoms with E-state index in [2.05, 4.69) is 113 Å². The van der Waals surface area contributed by atoms with Crippen molar-refractivity contribution in [2.75, 3.05) is 55.8 Å². The van der Waals surface area contributed by atoms with Crippen molar-refractivity contribution in [3.63, 3.8) is 0 Å². The van der Waals surface area contributed by atoms with Gasteiger partial charge in [0, 0.05) is 63.9 Å². The summed E-state index contributed by atoms with van der Waals surface area (Å²) in [5, 5.41) is 104. The van der Waals surface area contributed by atoms with Gasteiger partial charge < -0.3 is 54.5 Å². The third kappa shape index (κ3) is 27.9. The minimum atomic E-state index is -0.937. The van der Waals surface area contributed by atoms with Gasteiger partial charge in [-0.15, -0.1) is 30.6 Å². The van der Waals surface area contributed by atoms with Gasteiger partial charge in [-0.1, -0.05) is 174 Å². The zero-order valence-corrected chi connectivity index (χ0v) is 70.0. The lowest BCUT2D eigenvalue weighted by atomic mass is 10.0. The number of phenolic OH excluding ortho intramolecular Hbond substituents is 1. The number of thioether (sulfide) groups is 6. The molecule has 0 amide bonds. The second-order valence-electron chi connectivity index (χ2n) is 24.5. The Kier molecular flexibility index (Phi) is 33.9. The van der Waals surface area contributed by atoms with Crippen LogP contribution in [0.1, 0.15) is 11.1 Å². The summed E-state index contributed by atoms with van der Waals surface area (Å²) in [7, 11) is 4.57. The van der Waals surface area contributed by atoms with E-state index in [4.69, 9.17) is 44.8 Å². The molecule has 0 aliphatic rings. The zero-order valence-electron chi connectivity index (χ0n) is 65.1. The number of para-hydroxylation sites is 1. The Morgan fingerprint density at radius 2 is 0.691 bits per heavy atom. The number of ether oxygens (including phenoxy) is 3. The summed E-state index contributed by atoms with van der Waals surface area (Å²) in [5.74, 6) is -1.47. The van der Waals surface area contributed by atoms with Crippen LogP contribution in [-0.4, -0.2) is 233 Å². The SMILES string of the molecule is COc1cc(-c2nc(SCC(=O)O)n[nH]2)cc(OC)c1OC.Cc1ccc(-c2nc(SCC(=O)O)n[nH]2)cc1F.Cc1cccc(-c2nc(SCC(=O)O)n[nH]2)c1O.O=C(O)CSc1n[nH]c(-c2ccc(-c3ccccc3)cc2)n1.O=C(O)CSc1n[nH]c(-c2ccc(-c3cncnc3)cc2)n1.O=C(O)CSc1n[nH]c(-c2ccc(-n3cccc3)cc2)n1. The Morgan fingerprint density at radius 1 is 0.358 bits per heavy atom. The quantitative estimate of drug-likeness (QED) is 0.0186. The molecule has 44 heteroatoms. The molecule has 0 unspecified atom stereocenters. The van der Waals surface area contributed by atoms with Crippen molar-refractivity contribution in [2.45, 2.75) is 44.8 Å². The molecule has 0 aliphatic heterocycles. The van der Waals surface area contributed by atoms with E-state index < -0.39 is 35.8 Å². The Bertz CT molecular complexity index is 5830. The van der Waals surface area contributed by atoms with Crippen LogP contribution in [0.4, 0.5) is 4.39 Å². The second-order valence-corrected chi connectivity index (χ2v) is 30.2. The van der Waals surface area contributed by atoms with Crippen LogP contribution in [0.25, 0.3) is 96.3 Å². The zero-order chi connectivity index (χ0) is 87.7. The van der Waals surface area contributed by atoms with Crippen LogP contribution in [0, 0.1) is 19.7 Å². The van der Waals surface area contributed by atoms with Gasteiger partial charge in [-0.05, 0) is 102 Å². The molecule has 0 radical (unpaired) electrons. The maximum absolute atomic E-state index is 13.4. The van der Waals surface area contributed by atoms with E-state index in [1.165, 1.54) is 33.7 Å². The summed E-state index contributed by atoms with van der Waals surface area (Å²) in [6.07, 6.45) is 8.94. The Balaban J connectivity index is 0.000000155. The molecule has 0 atom stereocenters. The van der Waals surface area contributed by atoms with Gasteiger partial charge >= 0.3 is 35.8 Å². The van der Waals surface area contributed by atoms with E-state index in [-0.39, 0.29) is 46.1 Å². The molecule has 37 nitrogen and oxygen atoms in total. The average molecular weight is 1780 g/mol. The molecule has 8 heterocycles. The fraction of sp³-hybridized carbons (Fsp3) is 0.139. The van der Waals surface area contributed by atoms with Crippen molar-refractivity contribution in [2.24, 2.45) is 0 Å². The maximum atomic E-state index is 13.4. The standard InChI is InChI=1S/C16H13N3O2S.C14H11N5O2S.C14H12N4O2S.C13H15N3O5S.C11H10FN3O2S.C11H11N3O3S/c20-14(21)10-22-16-17-15(18-19-16)13-8-6-12(7-9-13)11-4-2-1-3-5-11;20-12(21)7-22-14-17-13(18-19-14)10-3-1-9(2-4-10)11-5-15-8-16-6-11;19-12(20)9-21-14-15-13(16-17-14)10-3-5-11(6-4-10)18-7-1-2-8-18;1-19-8-4-7(5-9(20-2)11(8)21-3)12-14-13(16-15-12)22-6-10(17)18;1-6-2-3-7(4-8(6)12)10-13-11(15-14-10)18-5-9(16)17;1-6-3-2-4-7(9(6)17)10-12-11(14-13-10)18-5-8(15)16/h1-9H,10H2,(H,20,21)(H,17,18,19);1-6,8H,7H2,(H,20,21)(H,17,18,19);1-8H,9H2,(H,19,20)(H,15,16,17);4-5H,6H2,1-3H3,(H,17,18)(H,14,15,16);2-4H,5H2,1H3,(H,16,17)(H,13,14,15);2-4,17H,5H2,1H3,(H,15,16)(H,12,13,14). The topological polar surface area (TPSA) is 552 Å². The van der Waals surface area contributed by atoms with Crippen LogP contribution in [0.2, 0.25) is 0 Å². The molecule has 0 bridgehead atoms. The maximum Gasteiger partial charge on any atom is 0.313 e. The van der Waals surface area contributed by atoms with Crippen LogP contribution >= 0.6 is 70.6 Å². The fourth-order valence-corrected chi connectivity index (χ4v) is 13.3. The summed E-state index contributed by atoms with van der Waals surface area (Å²) >= 11 is 6.31. The predicted molar refractivity (Wildman–Crippen MR) is 458 cm³/mol. The largest absolute Gasteiger partial charge is 0.507 e. The number of benzene rings is 7. The number of aliphatic carboxylic acids is 6. The summed E-state index contributed by atoms with van der Waals surface area (Å²) < 4.78 is 31.2. The summed E-state index contributed by atoms with van der Waals surface area (Å²) in [6, 6.07) is 51.1. The third-order valence-electron chi connectivity index (χ3n) is 16.0. The minimum Gasteiger partial charge on any atom is -0.507 e. The number of phenols is 1.